The summed E-state index contributed by atoms with van der Waals surface area (Å²) in [5.41, 5.74) is 0.807. The van der Waals surface area contributed by atoms with E-state index in [-0.39, 0.29) is 11.6 Å². The molecule has 1 N–H and O–H groups in total. The van der Waals surface area contributed by atoms with Crippen LogP contribution in [0.1, 0.15) is 31.9 Å². The third kappa shape index (κ3) is 2.96. The lowest BCUT2D eigenvalue weighted by atomic mass is 9.88. The zero-order valence-electron chi connectivity index (χ0n) is 11.3. The van der Waals surface area contributed by atoms with Gasteiger partial charge in [-0.1, -0.05) is 6.92 Å². The average molecular weight is 238 g/mol. The highest BCUT2D eigenvalue weighted by atomic mass is 16.5. The maximum Gasteiger partial charge on any atom is 0.137 e. The lowest BCUT2D eigenvalue weighted by Crippen LogP contribution is -2.41. The van der Waals surface area contributed by atoms with Crippen LogP contribution in [0, 0.1) is 0 Å². The second-order valence-electron chi connectivity index (χ2n) is 4.25. The summed E-state index contributed by atoms with van der Waals surface area (Å²) in [5.74, 6) is 0.761. The molecule has 4 nitrogen and oxygen atoms in total. The lowest BCUT2D eigenvalue weighted by Gasteiger charge is -2.35. The molecule has 0 spiro atoms. The van der Waals surface area contributed by atoms with Crippen molar-refractivity contribution in [2.24, 2.45) is 0 Å². The molecule has 0 saturated carbocycles. The van der Waals surface area contributed by atoms with Gasteiger partial charge < -0.3 is 14.8 Å². The van der Waals surface area contributed by atoms with Gasteiger partial charge in [-0.25, -0.2) is 0 Å². The first-order chi connectivity index (χ1) is 8.11. The number of hydrogen-bond acceptors (Lipinski definition) is 4. The molecule has 0 saturated heterocycles. The van der Waals surface area contributed by atoms with Crippen molar-refractivity contribution in [1.29, 1.82) is 0 Å². The smallest absolute Gasteiger partial charge is 0.137 e. The molecule has 96 valence electrons. The number of methoxy groups -OCH3 is 2. The molecule has 17 heavy (non-hydrogen) atoms. The molecule has 1 aromatic heterocycles. The van der Waals surface area contributed by atoms with Gasteiger partial charge in [0.15, 0.2) is 0 Å². The van der Waals surface area contributed by atoms with Crippen LogP contribution in [0.2, 0.25) is 0 Å². The molecule has 1 heterocycles. The van der Waals surface area contributed by atoms with Crippen molar-refractivity contribution < 1.29 is 9.47 Å². The topological polar surface area (TPSA) is 43.4 Å². The van der Waals surface area contributed by atoms with Crippen LogP contribution >= 0.6 is 0 Å². The van der Waals surface area contributed by atoms with E-state index < -0.39 is 0 Å². The molecule has 0 aliphatic rings. The van der Waals surface area contributed by atoms with Gasteiger partial charge in [0.25, 0.3) is 0 Å². The van der Waals surface area contributed by atoms with E-state index in [4.69, 9.17) is 9.47 Å². The summed E-state index contributed by atoms with van der Waals surface area (Å²) in [6.45, 7) is 4.20. The Morgan fingerprint density at radius 1 is 1.41 bits per heavy atom. The van der Waals surface area contributed by atoms with Gasteiger partial charge in [-0.15, -0.1) is 0 Å². The van der Waals surface area contributed by atoms with E-state index >= 15 is 0 Å². The third-order valence-electron chi connectivity index (χ3n) is 3.37. The first-order valence-corrected chi connectivity index (χ1v) is 5.82. The number of nitrogens with one attached hydrogen (secondary N) is 1. The predicted molar refractivity (Wildman–Crippen MR) is 68.3 cm³/mol. The van der Waals surface area contributed by atoms with Crippen molar-refractivity contribution >= 4 is 0 Å². The van der Waals surface area contributed by atoms with Gasteiger partial charge in [0.2, 0.25) is 0 Å². The molecule has 4 heteroatoms. The Labute approximate surface area is 103 Å². The van der Waals surface area contributed by atoms with Gasteiger partial charge in [-0.3, -0.25) is 4.98 Å². The SMILES string of the molecule is CCC(C)(OC)C(NC)c1cncc(OC)c1. The van der Waals surface area contributed by atoms with E-state index in [9.17, 15) is 0 Å². The van der Waals surface area contributed by atoms with Crippen molar-refractivity contribution in [3.05, 3.63) is 24.0 Å². The van der Waals surface area contributed by atoms with Gasteiger partial charge in [-0.05, 0) is 32.0 Å². The number of ether oxygens (including phenoxy) is 2. The predicted octanol–water partition coefficient (Wildman–Crippen LogP) is 2.17. The molecule has 1 rings (SSSR count). The lowest BCUT2D eigenvalue weighted by molar-refractivity contribution is -0.0281. The Morgan fingerprint density at radius 3 is 2.59 bits per heavy atom. The Morgan fingerprint density at radius 2 is 2.12 bits per heavy atom. The maximum atomic E-state index is 5.64. The summed E-state index contributed by atoms with van der Waals surface area (Å²) in [7, 11) is 5.31. The fourth-order valence-corrected chi connectivity index (χ4v) is 2.00. The average Bonchev–Trinajstić information content (AvgIpc) is 2.39. The first-order valence-electron chi connectivity index (χ1n) is 5.82. The highest BCUT2D eigenvalue weighted by Gasteiger charge is 2.33. The molecule has 2 atom stereocenters. The van der Waals surface area contributed by atoms with Crippen molar-refractivity contribution in [2.45, 2.75) is 31.9 Å². The quantitative estimate of drug-likeness (QED) is 0.825. The molecule has 0 bridgehead atoms. The van der Waals surface area contributed by atoms with Crippen LogP contribution in [0.15, 0.2) is 18.5 Å². The normalized spacial score (nSPS) is 16.3. The number of likely N-dealkylation sites (N-methyl/N-ethyl adjacent to an activating group) is 1. The van der Waals surface area contributed by atoms with E-state index in [0.717, 1.165) is 17.7 Å². The second-order valence-corrected chi connectivity index (χ2v) is 4.25. The molecular formula is C13H22N2O2. The Kier molecular flexibility index (Phi) is 4.90. The van der Waals surface area contributed by atoms with Crippen molar-refractivity contribution in [3.63, 3.8) is 0 Å². The first kappa shape index (κ1) is 13.9. The van der Waals surface area contributed by atoms with Crippen LogP contribution in [0.3, 0.4) is 0 Å². The van der Waals surface area contributed by atoms with Gasteiger partial charge >= 0.3 is 0 Å². The Hall–Kier alpha value is -1.13. The molecule has 0 radical (unpaired) electrons. The molecule has 0 fully saturated rings. The zero-order chi connectivity index (χ0) is 12.9. The van der Waals surface area contributed by atoms with Crippen LogP contribution in [-0.4, -0.2) is 31.9 Å². The van der Waals surface area contributed by atoms with E-state index in [2.05, 4.69) is 24.1 Å². The summed E-state index contributed by atoms with van der Waals surface area (Å²) >= 11 is 0. The van der Waals surface area contributed by atoms with Crippen molar-refractivity contribution in [1.82, 2.24) is 10.3 Å². The largest absolute Gasteiger partial charge is 0.495 e. The molecule has 0 aliphatic carbocycles. The summed E-state index contributed by atoms with van der Waals surface area (Å²) in [5, 5.41) is 3.29. The standard InChI is InChI=1S/C13H22N2O2/c1-6-13(2,17-5)12(14-3)10-7-11(16-4)9-15-8-10/h7-9,12,14H,6H2,1-5H3. The van der Waals surface area contributed by atoms with Gasteiger partial charge in [0.1, 0.15) is 5.75 Å². The van der Waals surface area contributed by atoms with Crippen LogP contribution in [-0.2, 0) is 4.74 Å². The molecule has 2 unspecified atom stereocenters. The summed E-state index contributed by atoms with van der Waals surface area (Å²) in [6, 6.07) is 2.07. The van der Waals surface area contributed by atoms with Gasteiger partial charge in [0.05, 0.1) is 24.9 Å². The number of hydrogen-bond donors (Lipinski definition) is 1. The minimum atomic E-state index is -0.261. The molecule has 0 aromatic carbocycles. The van der Waals surface area contributed by atoms with Crippen LogP contribution in [0.5, 0.6) is 5.75 Å². The number of rotatable bonds is 6. The molecule has 0 amide bonds. The van der Waals surface area contributed by atoms with E-state index in [1.54, 1.807) is 20.4 Å². The fourth-order valence-electron chi connectivity index (χ4n) is 2.00. The van der Waals surface area contributed by atoms with E-state index in [0.29, 0.717) is 0 Å². The van der Waals surface area contributed by atoms with Crippen molar-refractivity contribution in [3.8, 4) is 5.75 Å². The highest BCUT2D eigenvalue weighted by Crippen LogP contribution is 2.32. The third-order valence-corrected chi connectivity index (χ3v) is 3.37. The molecule has 0 aliphatic heterocycles. The Balaban J connectivity index is 3.08. The highest BCUT2D eigenvalue weighted by molar-refractivity contribution is 5.27. The van der Waals surface area contributed by atoms with Crippen molar-refractivity contribution in [2.75, 3.05) is 21.3 Å². The fraction of sp³-hybridized carbons (Fsp3) is 0.615. The van der Waals surface area contributed by atoms with Crippen LogP contribution in [0.4, 0.5) is 0 Å². The number of nitrogens with zero attached hydrogens (tertiary/aromatic N) is 1. The maximum absolute atomic E-state index is 5.64. The monoisotopic (exact) mass is 238 g/mol. The number of aromatic nitrogens is 1. The van der Waals surface area contributed by atoms with Gasteiger partial charge in [-0.2, -0.15) is 0 Å². The zero-order valence-corrected chi connectivity index (χ0v) is 11.3. The second kappa shape index (κ2) is 5.98. The van der Waals surface area contributed by atoms with Crippen LogP contribution in [0.25, 0.3) is 0 Å². The van der Waals surface area contributed by atoms with Crippen LogP contribution < -0.4 is 10.1 Å². The summed E-state index contributed by atoms with van der Waals surface area (Å²) in [4.78, 5) is 4.19. The van der Waals surface area contributed by atoms with Gasteiger partial charge in [0, 0.05) is 13.3 Å². The van der Waals surface area contributed by atoms with E-state index in [1.807, 2.05) is 19.3 Å². The number of pyridine rings is 1. The summed E-state index contributed by atoms with van der Waals surface area (Å²) in [6.07, 6.45) is 4.45. The Bertz CT molecular complexity index is 351. The minimum absolute atomic E-state index is 0.0834. The minimum Gasteiger partial charge on any atom is -0.495 e. The summed E-state index contributed by atoms with van der Waals surface area (Å²) < 4.78 is 10.8. The molecular weight excluding hydrogens is 216 g/mol. The van der Waals surface area contributed by atoms with E-state index in [1.165, 1.54) is 0 Å². The molecule has 1 aromatic rings.